The summed E-state index contributed by atoms with van der Waals surface area (Å²) in [5.41, 5.74) is 1.23. The predicted molar refractivity (Wildman–Crippen MR) is 128 cm³/mol. The van der Waals surface area contributed by atoms with Gasteiger partial charge in [0.05, 0.1) is 17.9 Å². The number of carbonyl (C=O) groups is 2. The molecule has 0 atom stereocenters. The number of anilines is 1. The molecular formula is C24H29N3O6S. The molecule has 1 aliphatic rings. The van der Waals surface area contributed by atoms with Crippen molar-refractivity contribution in [2.75, 3.05) is 25.1 Å². The highest BCUT2D eigenvalue weighted by Crippen LogP contribution is 2.17. The minimum atomic E-state index is -3.83. The molecule has 0 unspecified atom stereocenters. The third-order valence-corrected chi connectivity index (χ3v) is 6.46. The van der Waals surface area contributed by atoms with Gasteiger partial charge in [0.25, 0.3) is 15.9 Å². The molecule has 0 spiro atoms. The summed E-state index contributed by atoms with van der Waals surface area (Å²) in [5, 5.41) is 2.54. The van der Waals surface area contributed by atoms with E-state index in [1.165, 1.54) is 18.2 Å². The molecule has 9 nitrogen and oxygen atoms in total. The van der Waals surface area contributed by atoms with Gasteiger partial charge in [-0.1, -0.05) is 30.7 Å². The highest BCUT2D eigenvalue weighted by Gasteiger charge is 2.18. The van der Waals surface area contributed by atoms with Crippen LogP contribution in [0.1, 0.15) is 37.7 Å². The van der Waals surface area contributed by atoms with Gasteiger partial charge in [0.1, 0.15) is 11.6 Å². The minimum Gasteiger partial charge on any atom is -0.493 e. The number of aliphatic imine (C=N–C) groups is 1. The van der Waals surface area contributed by atoms with Gasteiger partial charge in [-0.3, -0.25) is 19.3 Å². The first-order valence-electron chi connectivity index (χ1n) is 11.1. The van der Waals surface area contributed by atoms with E-state index in [0.717, 1.165) is 24.8 Å². The van der Waals surface area contributed by atoms with Crippen LogP contribution in [0.15, 0.2) is 58.4 Å². The van der Waals surface area contributed by atoms with Crippen LogP contribution < -0.4 is 14.8 Å². The van der Waals surface area contributed by atoms with E-state index in [1.54, 1.807) is 6.07 Å². The number of amidine groups is 1. The largest absolute Gasteiger partial charge is 0.493 e. The van der Waals surface area contributed by atoms with E-state index >= 15 is 0 Å². The van der Waals surface area contributed by atoms with Gasteiger partial charge in [-0.2, -0.15) is 0 Å². The van der Waals surface area contributed by atoms with Crippen LogP contribution in [0.5, 0.6) is 5.75 Å². The second-order valence-electron chi connectivity index (χ2n) is 7.85. The third-order valence-electron chi connectivity index (χ3n) is 5.08. The molecule has 0 aliphatic carbocycles. The maximum absolute atomic E-state index is 12.7. The van der Waals surface area contributed by atoms with Crippen LogP contribution in [0, 0.1) is 6.92 Å². The summed E-state index contributed by atoms with van der Waals surface area (Å²) in [6, 6.07) is 13.3. The number of aryl methyl sites for hydroxylation is 1. The Labute approximate surface area is 199 Å². The van der Waals surface area contributed by atoms with E-state index in [9.17, 15) is 18.0 Å². The molecule has 0 saturated heterocycles. The highest BCUT2D eigenvalue weighted by atomic mass is 32.2. The minimum absolute atomic E-state index is 0.00240. The van der Waals surface area contributed by atoms with Gasteiger partial charge in [0.15, 0.2) is 6.61 Å². The number of sulfonamides is 1. The Kier molecular flexibility index (Phi) is 9.03. The van der Waals surface area contributed by atoms with E-state index in [4.69, 9.17) is 9.47 Å². The van der Waals surface area contributed by atoms with E-state index in [0.29, 0.717) is 24.6 Å². The molecule has 2 N–H and O–H groups in total. The Morgan fingerprint density at radius 3 is 2.71 bits per heavy atom. The number of ether oxygens (including phenoxy) is 2. The fourth-order valence-electron chi connectivity index (χ4n) is 3.29. The predicted octanol–water partition coefficient (Wildman–Crippen LogP) is 3.20. The van der Waals surface area contributed by atoms with E-state index in [-0.39, 0.29) is 23.6 Å². The van der Waals surface area contributed by atoms with Crippen LogP contribution in [-0.2, 0) is 24.3 Å². The Balaban J connectivity index is 1.46. The fourth-order valence-corrected chi connectivity index (χ4v) is 4.42. The molecule has 34 heavy (non-hydrogen) atoms. The molecule has 0 radical (unpaired) electrons. The maximum Gasteiger partial charge on any atom is 0.309 e. The lowest BCUT2D eigenvalue weighted by atomic mass is 10.2. The van der Waals surface area contributed by atoms with Crippen LogP contribution in [0.4, 0.5) is 5.69 Å². The summed E-state index contributed by atoms with van der Waals surface area (Å²) in [6.07, 6.45) is 3.41. The third kappa shape index (κ3) is 7.87. The van der Waals surface area contributed by atoms with Crippen molar-refractivity contribution in [1.29, 1.82) is 0 Å². The molecule has 0 aromatic heterocycles. The standard InChI is InChI=1S/C24H29N3O6S/c1-18-8-4-5-11-21(18)32-15-13-24(29)33-17-23(28)26-19-9-7-10-20(16-19)34(30,31)27-22-12-3-2-6-14-25-22/h4-5,7-11,16H,2-3,6,12-15,17H2,1H3,(H,25,27)(H,26,28). The number of para-hydroxylation sites is 1. The first kappa shape index (κ1) is 25.2. The number of esters is 1. The first-order valence-corrected chi connectivity index (χ1v) is 12.6. The van der Waals surface area contributed by atoms with E-state index in [2.05, 4.69) is 15.0 Å². The number of carbonyl (C=O) groups excluding carboxylic acids is 2. The number of hydrogen-bond donors (Lipinski definition) is 2. The summed E-state index contributed by atoms with van der Waals surface area (Å²) >= 11 is 0. The summed E-state index contributed by atoms with van der Waals surface area (Å²) in [7, 11) is -3.83. The zero-order chi connectivity index (χ0) is 24.4. The van der Waals surface area contributed by atoms with Crippen molar-refractivity contribution in [2.24, 2.45) is 4.99 Å². The molecule has 1 heterocycles. The smallest absolute Gasteiger partial charge is 0.309 e. The molecule has 1 aliphatic heterocycles. The Morgan fingerprint density at radius 1 is 1.06 bits per heavy atom. The van der Waals surface area contributed by atoms with Gasteiger partial charge >= 0.3 is 5.97 Å². The number of nitrogens with one attached hydrogen (secondary N) is 2. The number of nitrogens with zero attached hydrogens (tertiary/aromatic N) is 1. The molecule has 0 fully saturated rings. The van der Waals surface area contributed by atoms with Crippen molar-refractivity contribution in [1.82, 2.24) is 4.72 Å². The second-order valence-corrected chi connectivity index (χ2v) is 9.53. The van der Waals surface area contributed by atoms with Gasteiger partial charge < -0.3 is 14.8 Å². The van der Waals surface area contributed by atoms with Gasteiger partial charge in [0, 0.05) is 18.7 Å². The summed E-state index contributed by atoms with van der Waals surface area (Å²) in [4.78, 5) is 28.4. The van der Waals surface area contributed by atoms with Crippen molar-refractivity contribution in [3.63, 3.8) is 0 Å². The lowest BCUT2D eigenvalue weighted by Gasteiger charge is -2.12. The molecule has 0 bridgehead atoms. The average molecular weight is 488 g/mol. The first-order chi connectivity index (χ1) is 16.3. The lowest BCUT2D eigenvalue weighted by Crippen LogP contribution is -2.30. The molecule has 0 saturated carbocycles. The van der Waals surface area contributed by atoms with E-state index < -0.39 is 28.5 Å². The fraction of sp³-hybridized carbons (Fsp3) is 0.375. The maximum atomic E-state index is 12.7. The monoisotopic (exact) mass is 487 g/mol. The number of amides is 1. The van der Waals surface area contributed by atoms with Gasteiger partial charge in [0.2, 0.25) is 0 Å². The van der Waals surface area contributed by atoms with Gasteiger partial charge in [-0.25, -0.2) is 8.42 Å². The molecule has 1 amide bonds. The molecule has 182 valence electrons. The normalized spacial score (nSPS) is 13.9. The highest BCUT2D eigenvalue weighted by molar-refractivity contribution is 7.90. The van der Waals surface area contributed by atoms with Crippen LogP contribution in [-0.4, -0.2) is 45.9 Å². The summed E-state index contributed by atoms with van der Waals surface area (Å²) in [6.45, 7) is 2.14. The zero-order valence-corrected chi connectivity index (χ0v) is 19.9. The topological polar surface area (TPSA) is 123 Å². The molecule has 3 rings (SSSR count). The Hall–Kier alpha value is -3.40. The quantitative estimate of drug-likeness (QED) is 0.524. The van der Waals surface area contributed by atoms with Crippen molar-refractivity contribution in [3.8, 4) is 5.75 Å². The van der Waals surface area contributed by atoms with Crippen LogP contribution in [0.3, 0.4) is 0 Å². The zero-order valence-electron chi connectivity index (χ0n) is 19.1. The molecule has 2 aromatic rings. The van der Waals surface area contributed by atoms with Crippen LogP contribution in [0.2, 0.25) is 0 Å². The van der Waals surface area contributed by atoms with Gasteiger partial charge in [-0.05, 0) is 49.6 Å². The van der Waals surface area contributed by atoms with Gasteiger partial charge in [-0.15, -0.1) is 0 Å². The number of benzene rings is 2. The van der Waals surface area contributed by atoms with Crippen molar-refractivity contribution >= 4 is 33.4 Å². The number of rotatable bonds is 9. The van der Waals surface area contributed by atoms with Crippen molar-refractivity contribution in [2.45, 2.75) is 43.9 Å². The SMILES string of the molecule is Cc1ccccc1OCCC(=O)OCC(=O)Nc1cccc(S(=O)(=O)NC2=NCCCCC2)c1. The Bertz CT molecular complexity index is 1150. The summed E-state index contributed by atoms with van der Waals surface area (Å²) in [5.74, 6) is -0.0222. The van der Waals surface area contributed by atoms with Crippen molar-refractivity contribution < 1.29 is 27.5 Å². The number of hydrogen-bond acceptors (Lipinski definition) is 7. The van der Waals surface area contributed by atoms with Crippen LogP contribution >= 0.6 is 0 Å². The Morgan fingerprint density at radius 2 is 1.88 bits per heavy atom. The molecular weight excluding hydrogens is 458 g/mol. The van der Waals surface area contributed by atoms with Crippen molar-refractivity contribution in [3.05, 3.63) is 54.1 Å². The second kappa shape index (κ2) is 12.2. The molecule has 10 heteroatoms. The lowest BCUT2D eigenvalue weighted by molar-refractivity contribution is -0.147. The summed E-state index contributed by atoms with van der Waals surface area (Å²) < 4.78 is 38.5. The average Bonchev–Trinajstić information content (AvgIpc) is 3.07. The van der Waals surface area contributed by atoms with Crippen LogP contribution in [0.25, 0.3) is 0 Å². The van der Waals surface area contributed by atoms with E-state index in [1.807, 2.05) is 31.2 Å². The molecule has 2 aromatic carbocycles.